The molecule has 1 aromatic rings. The molecule has 2 N–H and O–H groups in total. The van der Waals surface area contributed by atoms with E-state index >= 15 is 0 Å². The topological polar surface area (TPSA) is 63.4 Å². The molecule has 2 saturated heterocycles. The third-order valence-corrected chi connectivity index (χ3v) is 6.15. The lowest BCUT2D eigenvalue weighted by molar-refractivity contribution is 0.227. The lowest BCUT2D eigenvalue weighted by Crippen LogP contribution is -2.50. The van der Waals surface area contributed by atoms with E-state index in [2.05, 4.69) is 0 Å². The third-order valence-electron chi connectivity index (χ3n) is 4.22. The van der Waals surface area contributed by atoms with Crippen molar-refractivity contribution in [3.05, 3.63) is 35.9 Å². The molecule has 3 rings (SSSR count). The molecule has 4 nitrogen and oxygen atoms in total. The molecular formula is C14H20N2O2S. The van der Waals surface area contributed by atoms with E-state index in [0.717, 1.165) is 31.2 Å². The number of piperidine rings is 1. The summed E-state index contributed by atoms with van der Waals surface area (Å²) in [6.45, 7) is 0. The van der Waals surface area contributed by atoms with Crippen LogP contribution in [0.2, 0.25) is 0 Å². The molecule has 2 unspecified atom stereocenters. The van der Waals surface area contributed by atoms with Gasteiger partial charge in [0.25, 0.3) is 0 Å². The largest absolute Gasteiger partial charge is 0.328 e. The minimum absolute atomic E-state index is 0.107. The maximum atomic E-state index is 12.6. The zero-order valence-corrected chi connectivity index (χ0v) is 11.7. The van der Waals surface area contributed by atoms with E-state index in [4.69, 9.17) is 5.73 Å². The van der Waals surface area contributed by atoms with Crippen LogP contribution in [0.5, 0.6) is 0 Å². The summed E-state index contributed by atoms with van der Waals surface area (Å²) in [5.41, 5.74) is 6.85. The number of fused-ring (bicyclic) bond motifs is 2. The first kappa shape index (κ1) is 13.1. The molecule has 0 saturated carbocycles. The van der Waals surface area contributed by atoms with Gasteiger partial charge in [0.1, 0.15) is 0 Å². The fraction of sp³-hybridized carbons (Fsp3) is 0.571. The number of benzene rings is 1. The lowest BCUT2D eigenvalue weighted by atomic mass is 10.0. The number of nitrogens with two attached hydrogens (primary N) is 1. The highest BCUT2D eigenvalue weighted by Crippen LogP contribution is 2.38. The fourth-order valence-corrected chi connectivity index (χ4v) is 5.54. The van der Waals surface area contributed by atoms with E-state index in [1.165, 1.54) is 0 Å². The van der Waals surface area contributed by atoms with Crippen LogP contribution >= 0.6 is 0 Å². The second-order valence-electron chi connectivity index (χ2n) is 5.69. The Morgan fingerprint density at radius 1 is 1.11 bits per heavy atom. The van der Waals surface area contributed by atoms with Gasteiger partial charge >= 0.3 is 0 Å². The second kappa shape index (κ2) is 4.89. The summed E-state index contributed by atoms with van der Waals surface area (Å²) >= 11 is 0. The van der Waals surface area contributed by atoms with Crippen molar-refractivity contribution in [3.63, 3.8) is 0 Å². The van der Waals surface area contributed by atoms with E-state index in [1.54, 1.807) is 4.31 Å². The molecule has 0 aromatic heterocycles. The Morgan fingerprint density at radius 3 is 2.26 bits per heavy atom. The predicted molar refractivity (Wildman–Crippen MR) is 74.9 cm³/mol. The average molecular weight is 280 g/mol. The molecule has 0 spiro atoms. The maximum absolute atomic E-state index is 12.6. The van der Waals surface area contributed by atoms with E-state index in [9.17, 15) is 8.42 Å². The summed E-state index contributed by atoms with van der Waals surface area (Å²) in [5.74, 6) is 0.107. The zero-order valence-electron chi connectivity index (χ0n) is 10.9. The lowest BCUT2D eigenvalue weighted by Gasteiger charge is -2.36. The average Bonchev–Trinajstić information content (AvgIpc) is 2.64. The van der Waals surface area contributed by atoms with Gasteiger partial charge in [0.05, 0.1) is 5.75 Å². The van der Waals surface area contributed by atoms with Crippen molar-refractivity contribution in [2.24, 2.45) is 5.73 Å². The Bertz CT molecular complexity index is 530. The monoisotopic (exact) mass is 280 g/mol. The van der Waals surface area contributed by atoms with Crippen LogP contribution in [0.15, 0.2) is 30.3 Å². The summed E-state index contributed by atoms with van der Waals surface area (Å²) in [5, 5.41) is 0. The molecule has 0 amide bonds. The third kappa shape index (κ3) is 2.55. The van der Waals surface area contributed by atoms with Gasteiger partial charge in [0.15, 0.2) is 0 Å². The number of rotatable bonds is 3. The SMILES string of the molecule is NC1CC2CCC(C1)N2S(=O)(=O)Cc1ccccc1. The molecule has 5 heteroatoms. The number of hydrogen-bond donors (Lipinski definition) is 1. The van der Waals surface area contributed by atoms with E-state index < -0.39 is 10.0 Å². The van der Waals surface area contributed by atoms with Crippen LogP contribution in [0, 0.1) is 0 Å². The quantitative estimate of drug-likeness (QED) is 0.912. The van der Waals surface area contributed by atoms with Crippen molar-refractivity contribution in [2.75, 3.05) is 0 Å². The van der Waals surface area contributed by atoms with Gasteiger partial charge in [-0.1, -0.05) is 30.3 Å². The van der Waals surface area contributed by atoms with Gasteiger partial charge < -0.3 is 5.73 Å². The van der Waals surface area contributed by atoms with Crippen molar-refractivity contribution in [1.29, 1.82) is 0 Å². The van der Waals surface area contributed by atoms with Gasteiger partial charge in [-0.3, -0.25) is 0 Å². The molecule has 2 bridgehead atoms. The van der Waals surface area contributed by atoms with Gasteiger partial charge in [-0.15, -0.1) is 0 Å². The van der Waals surface area contributed by atoms with Gasteiger partial charge in [-0.2, -0.15) is 4.31 Å². The summed E-state index contributed by atoms with van der Waals surface area (Å²) in [4.78, 5) is 0. The summed E-state index contributed by atoms with van der Waals surface area (Å²) in [6, 6.07) is 9.83. The number of sulfonamides is 1. The van der Waals surface area contributed by atoms with Gasteiger partial charge in [0, 0.05) is 18.1 Å². The van der Waals surface area contributed by atoms with E-state index in [1.807, 2.05) is 30.3 Å². The smallest absolute Gasteiger partial charge is 0.218 e. The Morgan fingerprint density at radius 2 is 1.68 bits per heavy atom. The predicted octanol–water partition coefficient (Wildman–Crippen LogP) is 1.47. The summed E-state index contributed by atoms with van der Waals surface area (Å²) < 4.78 is 27.0. The molecule has 2 fully saturated rings. The highest BCUT2D eigenvalue weighted by atomic mass is 32.2. The molecule has 0 radical (unpaired) electrons. The van der Waals surface area contributed by atoms with Crippen LogP contribution in [0.1, 0.15) is 31.2 Å². The van der Waals surface area contributed by atoms with Crippen LogP contribution in [0.25, 0.3) is 0 Å². The summed E-state index contributed by atoms with van der Waals surface area (Å²) in [6.07, 6.45) is 3.55. The van der Waals surface area contributed by atoms with Crippen LogP contribution < -0.4 is 5.73 Å². The van der Waals surface area contributed by atoms with Gasteiger partial charge in [-0.05, 0) is 31.2 Å². The van der Waals surface area contributed by atoms with Crippen molar-refractivity contribution >= 4 is 10.0 Å². The first-order valence-electron chi connectivity index (χ1n) is 6.87. The molecule has 1 aromatic carbocycles. The maximum Gasteiger partial charge on any atom is 0.218 e. The highest BCUT2D eigenvalue weighted by molar-refractivity contribution is 7.88. The Balaban J connectivity index is 1.82. The highest BCUT2D eigenvalue weighted by Gasteiger charge is 2.45. The molecule has 2 atom stereocenters. The van der Waals surface area contributed by atoms with Crippen molar-refractivity contribution in [1.82, 2.24) is 4.31 Å². The number of nitrogens with zero attached hydrogens (tertiary/aromatic N) is 1. The molecule has 0 aliphatic carbocycles. The van der Waals surface area contributed by atoms with Crippen LogP contribution in [-0.4, -0.2) is 30.8 Å². The first-order chi connectivity index (χ1) is 9.06. The zero-order chi connectivity index (χ0) is 13.5. The summed E-state index contributed by atoms with van der Waals surface area (Å²) in [7, 11) is -3.22. The molecule has 2 heterocycles. The molecule has 104 valence electrons. The van der Waals surface area contributed by atoms with E-state index in [-0.39, 0.29) is 23.9 Å². The fourth-order valence-electron chi connectivity index (χ4n) is 3.49. The minimum atomic E-state index is -3.22. The molecule has 19 heavy (non-hydrogen) atoms. The van der Waals surface area contributed by atoms with Crippen molar-refractivity contribution < 1.29 is 8.42 Å². The molecule has 2 aliphatic heterocycles. The van der Waals surface area contributed by atoms with Crippen LogP contribution in [0.3, 0.4) is 0 Å². The standard InChI is InChI=1S/C14H20N2O2S/c15-12-8-13-6-7-14(9-12)16(13)19(17,18)10-11-4-2-1-3-5-11/h1-5,12-14H,6-10,15H2. The second-order valence-corrected chi connectivity index (χ2v) is 7.56. The van der Waals surface area contributed by atoms with Crippen molar-refractivity contribution in [3.8, 4) is 0 Å². The van der Waals surface area contributed by atoms with Crippen LogP contribution in [-0.2, 0) is 15.8 Å². The van der Waals surface area contributed by atoms with E-state index in [0.29, 0.717) is 0 Å². The minimum Gasteiger partial charge on any atom is -0.328 e. The van der Waals surface area contributed by atoms with Gasteiger partial charge in [-0.25, -0.2) is 8.42 Å². The molecular weight excluding hydrogens is 260 g/mol. The first-order valence-corrected chi connectivity index (χ1v) is 8.48. The Kier molecular flexibility index (Phi) is 3.37. The van der Waals surface area contributed by atoms with Crippen molar-refractivity contribution in [2.45, 2.75) is 49.6 Å². The van der Waals surface area contributed by atoms with Gasteiger partial charge in [0.2, 0.25) is 10.0 Å². The Labute approximate surface area is 114 Å². The Hall–Kier alpha value is -0.910. The molecule has 2 aliphatic rings. The number of hydrogen-bond acceptors (Lipinski definition) is 3. The normalized spacial score (nSPS) is 31.5. The van der Waals surface area contributed by atoms with Crippen LogP contribution in [0.4, 0.5) is 0 Å².